The van der Waals surface area contributed by atoms with Gasteiger partial charge in [-0.3, -0.25) is 23.4 Å². The number of anilines is 1. The molecular formula is C27H41N3O6S. The smallest absolute Gasteiger partial charge is 0.325 e. The Bertz CT molecular complexity index is 944. The van der Waals surface area contributed by atoms with Crippen molar-refractivity contribution < 1.29 is 28.1 Å². The van der Waals surface area contributed by atoms with Gasteiger partial charge in [0.1, 0.15) is 24.1 Å². The summed E-state index contributed by atoms with van der Waals surface area (Å²) in [7, 11) is -1.83. The number of carbonyl (C=O) groups is 4. The van der Waals surface area contributed by atoms with Crippen molar-refractivity contribution in [2.24, 2.45) is 5.92 Å². The average molecular weight is 536 g/mol. The summed E-state index contributed by atoms with van der Waals surface area (Å²) < 4.78 is 17.8. The molecule has 0 radical (unpaired) electrons. The van der Waals surface area contributed by atoms with E-state index < -0.39 is 46.9 Å². The third-order valence-electron chi connectivity index (χ3n) is 6.16. The fraction of sp³-hybridized carbons (Fsp3) is 0.630. The first-order valence-corrected chi connectivity index (χ1v) is 14.5. The summed E-state index contributed by atoms with van der Waals surface area (Å²) >= 11 is 0. The molecule has 1 fully saturated rings. The lowest BCUT2D eigenvalue weighted by Gasteiger charge is -2.33. The predicted molar refractivity (Wildman–Crippen MR) is 144 cm³/mol. The maximum absolute atomic E-state index is 13.3. The van der Waals surface area contributed by atoms with Crippen LogP contribution in [-0.2, 0) is 34.7 Å². The van der Waals surface area contributed by atoms with E-state index in [1.54, 1.807) is 19.1 Å². The Labute approximate surface area is 222 Å². The summed E-state index contributed by atoms with van der Waals surface area (Å²) in [6.45, 7) is 7.16. The monoisotopic (exact) mass is 535 g/mol. The molecule has 1 aliphatic rings. The number of hydrogen-bond donors (Lipinski definition) is 2. The molecule has 9 nitrogen and oxygen atoms in total. The molecule has 0 heterocycles. The quantitative estimate of drug-likeness (QED) is 0.375. The number of esters is 1. The van der Waals surface area contributed by atoms with Gasteiger partial charge in [-0.25, -0.2) is 0 Å². The summed E-state index contributed by atoms with van der Waals surface area (Å²) in [4.78, 5) is 52.5. The van der Waals surface area contributed by atoms with Crippen LogP contribution >= 0.6 is 0 Å². The SMILES string of the molecule is CCOC(=O)CN(C(=O)C[S@@](=O)CC(=O)Nc1ccc(C)cc1)[C@@H](CC(C)C)C(=O)NC1CCCCC1. The van der Waals surface area contributed by atoms with E-state index in [2.05, 4.69) is 10.6 Å². The van der Waals surface area contributed by atoms with E-state index in [0.29, 0.717) is 12.1 Å². The summed E-state index contributed by atoms with van der Waals surface area (Å²) in [5.41, 5.74) is 1.61. The lowest BCUT2D eigenvalue weighted by atomic mass is 9.94. The highest BCUT2D eigenvalue weighted by atomic mass is 32.2. The molecule has 3 amide bonds. The van der Waals surface area contributed by atoms with Crippen LogP contribution in [0.5, 0.6) is 0 Å². The van der Waals surface area contributed by atoms with E-state index >= 15 is 0 Å². The van der Waals surface area contributed by atoms with E-state index in [9.17, 15) is 23.4 Å². The fourth-order valence-electron chi connectivity index (χ4n) is 4.34. The maximum Gasteiger partial charge on any atom is 0.325 e. The molecule has 0 spiro atoms. The molecule has 2 atom stereocenters. The van der Waals surface area contributed by atoms with Crippen LogP contribution in [0.15, 0.2) is 24.3 Å². The molecule has 2 N–H and O–H groups in total. The molecule has 0 bridgehead atoms. The molecule has 10 heteroatoms. The number of nitrogens with one attached hydrogen (secondary N) is 2. The Kier molecular flexibility index (Phi) is 12.8. The van der Waals surface area contributed by atoms with Gasteiger partial charge in [0.2, 0.25) is 17.7 Å². The Balaban J connectivity index is 2.12. The topological polar surface area (TPSA) is 122 Å². The minimum absolute atomic E-state index is 0.0371. The van der Waals surface area contributed by atoms with Crippen LogP contribution in [0.1, 0.15) is 64.9 Å². The van der Waals surface area contributed by atoms with Crippen molar-refractivity contribution in [2.45, 2.75) is 78.3 Å². The zero-order chi connectivity index (χ0) is 27.4. The van der Waals surface area contributed by atoms with Crippen molar-refractivity contribution in [1.29, 1.82) is 0 Å². The maximum atomic E-state index is 13.3. The number of aryl methyl sites for hydroxylation is 1. The molecule has 1 aromatic carbocycles. The third-order valence-corrected chi connectivity index (χ3v) is 7.32. The van der Waals surface area contributed by atoms with Crippen LogP contribution in [0.25, 0.3) is 0 Å². The molecule has 2 rings (SSSR count). The minimum Gasteiger partial charge on any atom is -0.465 e. The molecular weight excluding hydrogens is 494 g/mol. The normalized spacial score (nSPS) is 15.5. The highest BCUT2D eigenvalue weighted by molar-refractivity contribution is 7.86. The Morgan fingerprint density at radius 2 is 1.70 bits per heavy atom. The van der Waals surface area contributed by atoms with Gasteiger partial charge in [-0.15, -0.1) is 0 Å². The van der Waals surface area contributed by atoms with E-state index in [4.69, 9.17) is 4.74 Å². The van der Waals surface area contributed by atoms with Crippen molar-refractivity contribution >= 4 is 40.2 Å². The van der Waals surface area contributed by atoms with Gasteiger partial charge in [0.05, 0.1) is 6.61 Å². The fourth-order valence-corrected chi connectivity index (χ4v) is 5.24. The van der Waals surface area contributed by atoms with Crippen molar-refractivity contribution in [3.8, 4) is 0 Å². The number of nitrogens with zero attached hydrogens (tertiary/aromatic N) is 1. The molecule has 206 valence electrons. The molecule has 0 saturated heterocycles. The molecule has 0 aromatic heterocycles. The largest absolute Gasteiger partial charge is 0.465 e. The van der Waals surface area contributed by atoms with E-state index in [-0.39, 0.29) is 30.2 Å². The molecule has 0 aliphatic heterocycles. The number of benzene rings is 1. The van der Waals surface area contributed by atoms with Gasteiger partial charge in [0.15, 0.2) is 0 Å². The van der Waals surface area contributed by atoms with E-state index in [1.807, 2.05) is 32.9 Å². The lowest BCUT2D eigenvalue weighted by Crippen LogP contribution is -2.55. The Morgan fingerprint density at radius 1 is 1.05 bits per heavy atom. The Hall–Kier alpha value is -2.75. The standard InChI is InChI=1S/C27H41N3O6S/c1-5-36-26(33)16-30(23(15-19(2)3)27(34)29-21-9-7-6-8-10-21)25(32)18-37(35)17-24(31)28-22-13-11-20(4)12-14-22/h11-14,19,21,23H,5-10,15-18H2,1-4H3,(H,28,31)(H,29,34)/t23-,37-/m0/s1. The zero-order valence-corrected chi connectivity index (χ0v) is 23.2. The second kappa shape index (κ2) is 15.5. The summed E-state index contributed by atoms with van der Waals surface area (Å²) in [6.07, 6.45) is 5.31. The number of rotatable bonds is 13. The van der Waals surface area contributed by atoms with Crippen molar-refractivity contribution in [3.63, 3.8) is 0 Å². The first kappa shape index (κ1) is 30.5. The van der Waals surface area contributed by atoms with Gasteiger partial charge in [-0.2, -0.15) is 0 Å². The predicted octanol–water partition coefficient (Wildman–Crippen LogP) is 2.94. The van der Waals surface area contributed by atoms with Crippen LogP contribution in [0.3, 0.4) is 0 Å². The molecule has 1 aliphatic carbocycles. The number of ether oxygens (including phenoxy) is 1. The molecule has 37 heavy (non-hydrogen) atoms. The van der Waals surface area contributed by atoms with Gasteiger partial charge in [-0.1, -0.05) is 50.8 Å². The minimum atomic E-state index is -1.83. The second-order valence-electron chi connectivity index (χ2n) is 9.96. The first-order valence-electron chi connectivity index (χ1n) is 13.1. The lowest BCUT2D eigenvalue weighted by molar-refractivity contribution is -0.151. The summed E-state index contributed by atoms with van der Waals surface area (Å²) in [5, 5.41) is 5.73. The van der Waals surface area contributed by atoms with Crippen molar-refractivity contribution in [2.75, 3.05) is 30.0 Å². The summed E-state index contributed by atoms with van der Waals surface area (Å²) in [6, 6.07) is 6.30. The van der Waals surface area contributed by atoms with E-state index in [0.717, 1.165) is 37.7 Å². The zero-order valence-electron chi connectivity index (χ0n) is 22.4. The number of hydrogen-bond acceptors (Lipinski definition) is 6. The van der Waals surface area contributed by atoms with Crippen LogP contribution in [0.4, 0.5) is 5.69 Å². The summed E-state index contributed by atoms with van der Waals surface area (Å²) in [5.74, 6) is -2.87. The van der Waals surface area contributed by atoms with Crippen LogP contribution in [0.2, 0.25) is 0 Å². The third kappa shape index (κ3) is 11.0. The van der Waals surface area contributed by atoms with Gasteiger partial charge in [-0.05, 0) is 51.2 Å². The number of amides is 3. The van der Waals surface area contributed by atoms with Crippen LogP contribution in [0, 0.1) is 12.8 Å². The average Bonchev–Trinajstić information content (AvgIpc) is 2.83. The molecule has 1 saturated carbocycles. The van der Waals surface area contributed by atoms with Gasteiger partial charge < -0.3 is 20.3 Å². The van der Waals surface area contributed by atoms with Crippen molar-refractivity contribution in [1.82, 2.24) is 10.2 Å². The molecule has 0 unspecified atom stereocenters. The van der Waals surface area contributed by atoms with Crippen molar-refractivity contribution in [3.05, 3.63) is 29.8 Å². The number of carbonyl (C=O) groups excluding carboxylic acids is 4. The van der Waals surface area contributed by atoms with E-state index in [1.165, 1.54) is 4.90 Å². The van der Waals surface area contributed by atoms with Gasteiger partial charge >= 0.3 is 5.97 Å². The van der Waals surface area contributed by atoms with Crippen LogP contribution < -0.4 is 10.6 Å². The van der Waals surface area contributed by atoms with Gasteiger partial charge in [0.25, 0.3) is 0 Å². The van der Waals surface area contributed by atoms with Crippen LogP contribution in [-0.4, -0.2) is 69.5 Å². The van der Waals surface area contributed by atoms with Gasteiger partial charge in [0, 0.05) is 22.5 Å². The Morgan fingerprint density at radius 3 is 2.30 bits per heavy atom. The second-order valence-corrected chi connectivity index (χ2v) is 11.4. The first-order chi connectivity index (χ1) is 17.6. The highest BCUT2D eigenvalue weighted by Gasteiger charge is 2.34. The highest BCUT2D eigenvalue weighted by Crippen LogP contribution is 2.19. The molecule has 1 aromatic rings.